The number of nitrogens with zero attached hydrogens (tertiary/aromatic N) is 4. The summed E-state index contributed by atoms with van der Waals surface area (Å²) in [4.78, 5) is 12.0. The van der Waals surface area contributed by atoms with Gasteiger partial charge in [0.25, 0.3) is 0 Å². The van der Waals surface area contributed by atoms with Crippen LogP contribution in [0.15, 0.2) is 18.3 Å². The molecule has 2 aromatic rings. The van der Waals surface area contributed by atoms with Gasteiger partial charge in [-0.1, -0.05) is 0 Å². The van der Waals surface area contributed by atoms with Crippen LogP contribution >= 0.6 is 0 Å². The van der Waals surface area contributed by atoms with Gasteiger partial charge in [-0.15, -0.1) is 0 Å². The first-order valence-corrected chi connectivity index (χ1v) is 8.51. The van der Waals surface area contributed by atoms with Crippen LogP contribution in [0.5, 0.6) is 0 Å². The Bertz CT molecular complexity index is 644. The number of imidazole rings is 1. The number of hydrogen-bond donors (Lipinski definition) is 1. The van der Waals surface area contributed by atoms with Crippen LogP contribution in [0, 0.1) is 5.92 Å². The number of likely N-dealkylation sites (tertiary alicyclic amines) is 1. The third-order valence-corrected chi connectivity index (χ3v) is 5.19. The first-order chi connectivity index (χ1) is 10.8. The van der Waals surface area contributed by atoms with Crippen LogP contribution in [0.25, 0.3) is 11.2 Å². The molecule has 5 nitrogen and oxygen atoms in total. The summed E-state index contributed by atoms with van der Waals surface area (Å²) in [6.07, 6.45) is 5.63. The lowest BCUT2D eigenvalue weighted by Crippen LogP contribution is -2.30. The van der Waals surface area contributed by atoms with Gasteiger partial charge in [0.05, 0.1) is 0 Å². The standard InChI is InChI=1S/C17H25N5/c1-21-10-6-14(12-21)16-20-15-3-2-7-19-17(15)22(16)11-13-4-8-18-9-5-13/h2-3,7,13-14,18H,4-6,8-12H2,1H3. The number of hydrogen-bond acceptors (Lipinski definition) is 4. The van der Waals surface area contributed by atoms with Crippen molar-refractivity contribution in [1.82, 2.24) is 24.8 Å². The fourth-order valence-corrected chi connectivity index (χ4v) is 3.94. The summed E-state index contributed by atoms with van der Waals surface area (Å²) < 4.78 is 2.43. The van der Waals surface area contributed by atoms with Gasteiger partial charge < -0.3 is 14.8 Å². The van der Waals surface area contributed by atoms with E-state index in [2.05, 4.69) is 32.9 Å². The summed E-state index contributed by atoms with van der Waals surface area (Å²) in [5.74, 6) is 2.57. The molecule has 5 heteroatoms. The lowest BCUT2D eigenvalue weighted by atomic mass is 9.97. The molecule has 0 bridgehead atoms. The zero-order valence-electron chi connectivity index (χ0n) is 13.3. The monoisotopic (exact) mass is 299 g/mol. The molecule has 1 atom stereocenters. The van der Waals surface area contributed by atoms with E-state index in [4.69, 9.17) is 4.98 Å². The largest absolute Gasteiger partial charge is 0.317 e. The van der Waals surface area contributed by atoms with Crippen molar-refractivity contribution >= 4 is 11.2 Å². The molecule has 4 heterocycles. The highest BCUT2D eigenvalue weighted by Crippen LogP contribution is 2.29. The summed E-state index contributed by atoms with van der Waals surface area (Å²) >= 11 is 0. The zero-order chi connectivity index (χ0) is 14.9. The Labute approximate surface area is 131 Å². The van der Waals surface area contributed by atoms with Crippen molar-refractivity contribution in [3.63, 3.8) is 0 Å². The quantitative estimate of drug-likeness (QED) is 0.939. The highest BCUT2D eigenvalue weighted by Gasteiger charge is 2.28. The van der Waals surface area contributed by atoms with Crippen molar-refractivity contribution in [3.8, 4) is 0 Å². The van der Waals surface area contributed by atoms with E-state index < -0.39 is 0 Å². The Morgan fingerprint density at radius 2 is 2.14 bits per heavy atom. The molecule has 0 amide bonds. The molecular weight excluding hydrogens is 274 g/mol. The second-order valence-corrected chi connectivity index (χ2v) is 6.87. The lowest BCUT2D eigenvalue weighted by molar-refractivity contribution is 0.329. The number of pyridine rings is 1. The lowest BCUT2D eigenvalue weighted by Gasteiger charge is -2.24. The zero-order valence-corrected chi connectivity index (χ0v) is 13.3. The first-order valence-electron chi connectivity index (χ1n) is 8.51. The molecule has 2 aliphatic rings. The SMILES string of the molecule is CN1CCC(c2nc3cccnc3n2CC2CCNCC2)C1. The van der Waals surface area contributed by atoms with Crippen molar-refractivity contribution in [2.45, 2.75) is 31.7 Å². The summed E-state index contributed by atoms with van der Waals surface area (Å²) in [6, 6.07) is 4.10. The van der Waals surface area contributed by atoms with Gasteiger partial charge >= 0.3 is 0 Å². The van der Waals surface area contributed by atoms with Crippen LogP contribution in [0.2, 0.25) is 0 Å². The molecule has 0 aliphatic carbocycles. The highest BCUT2D eigenvalue weighted by atomic mass is 15.2. The van der Waals surface area contributed by atoms with Crippen molar-refractivity contribution in [2.24, 2.45) is 5.92 Å². The molecule has 0 spiro atoms. The van der Waals surface area contributed by atoms with E-state index in [0.717, 1.165) is 43.3 Å². The molecule has 1 N–H and O–H groups in total. The summed E-state index contributed by atoms with van der Waals surface area (Å²) in [6.45, 7) is 5.66. The number of rotatable bonds is 3. The topological polar surface area (TPSA) is 46.0 Å². The normalized spacial score (nSPS) is 24.3. The number of fused-ring (bicyclic) bond motifs is 1. The maximum Gasteiger partial charge on any atom is 0.160 e. The van der Waals surface area contributed by atoms with Gasteiger partial charge in [0.1, 0.15) is 11.3 Å². The van der Waals surface area contributed by atoms with Gasteiger partial charge in [0, 0.05) is 25.2 Å². The molecule has 1 unspecified atom stereocenters. The summed E-state index contributed by atoms with van der Waals surface area (Å²) in [5.41, 5.74) is 2.13. The maximum absolute atomic E-state index is 4.95. The van der Waals surface area contributed by atoms with E-state index in [1.807, 2.05) is 12.3 Å². The Hall–Kier alpha value is -1.46. The average molecular weight is 299 g/mol. The van der Waals surface area contributed by atoms with E-state index in [0.29, 0.717) is 5.92 Å². The maximum atomic E-state index is 4.95. The van der Waals surface area contributed by atoms with Gasteiger partial charge in [-0.25, -0.2) is 9.97 Å². The van der Waals surface area contributed by atoms with E-state index >= 15 is 0 Å². The Kier molecular flexibility index (Phi) is 3.84. The van der Waals surface area contributed by atoms with Gasteiger partial charge in [-0.3, -0.25) is 0 Å². The molecule has 0 radical (unpaired) electrons. The molecule has 2 saturated heterocycles. The molecule has 2 fully saturated rings. The third kappa shape index (κ3) is 2.63. The van der Waals surface area contributed by atoms with Crippen LogP contribution in [0.3, 0.4) is 0 Å². The number of aromatic nitrogens is 3. The van der Waals surface area contributed by atoms with Gasteiger partial charge in [0.15, 0.2) is 5.65 Å². The third-order valence-electron chi connectivity index (χ3n) is 5.19. The number of piperidine rings is 1. The highest BCUT2D eigenvalue weighted by molar-refractivity contribution is 5.71. The van der Waals surface area contributed by atoms with E-state index in [-0.39, 0.29) is 0 Å². The Balaban J connectivity index is 1.69. The van der Waals surface area contributed by atoms with Crippen LogP contribution < -0.4 is 5.32 Å². The smallest absolute Gasteiger partial charge is 0.160 e. The molecule has 2 aliphatic heterocycles. The van der Waals surface area contributed by atoms with Crippen molar-refractivity contribution in [2.75, 3.05) is 33.2 Å². The van der Waals surface area contributed by atoms with Gasteiger partial charge in [-0.05, 0) is 64.0 Å². The predicted octanol–water partition coefficient (Wildman–Crippen LogP) is 1.85. The fraction of sp³-hybridized carbons (Fsp3) is 0.647. The van der Waals surface area contributed by atoms with E-state index in [1.54, 1.807) is 0 Å². The Morgan fingerprint density at radius 1 is 1.27 bits per heavy atom. The summed E-state index contributed by atoms with van der Waals surface area (Å²) in [7, 11) is 2.21. The predicted molar refractivity (Wildman–Crippen MR) is 88.0 cm³/mol. The Morgan fingerprint density at radius 3 is 2.91 bits per heavy atom. The van der Waals surface area contributed by atoms with Crippen LogP contribution in [0.1, 0.15) is 31.0 Å². The van der Waals surface area contributed by atoms with Crippen LogP contribution in [-0.2, 0) is 6.54 Å². The van der Waals surface area contributed by atoms with E-state index in [9.17, 15) is 0 Å². The van der Waals surface area contributed by atoms with Crippen molar-refractivity contribution in [3.05, 3.63) is 24.2 Å². The molecule has 0 saturated carbocycles. The van der Waals surface area contributed by atoms with Crippen molar-refractivity contribution in [1.29, 1.82) is 0 Å². The summed E-state index contributed by atoms with van der Waals surface area (Å²) in [5, 5.41) is 3.46. The van der Waals surface area contributed by atoms with Crippen LogP contribution in [0.4, 0.5) is 0 Å². The molecule has 2 aromatic heterocycles. The number of likely N-dealkylation sites (N-methyl/N-ethyl adjacent to an activating group) is 1. The second-order valence-electron chi connectivity index (χ2n) is 6.87. The van der Waals surface area contributed by atoms with Gasteiger partial charge in [0.2, 0.25) is 0 Å². The van der Waals surface area contributed by atoms with Crippen molar-refractivity contribution < 1.29 is 0 Å². The molecular formula is C17H25N5. The average Bonchev–Trinajstić information content (AvgIpc) is 3.13. The number of nitrogens with one attached hydrogen (secondary N) is 1. The fourth-order valence-electron chi connectivity index (χ4n) is 3.94. The van der Waals surface area contributed by atoms with Crippen LogP contribution in [-0.4, -0.2) is 52.7 Å². The first kappa shape index (κ1) is 14.2. The molecule has 22 heavy (non-hydrogen) atoms. The van der Waals surface area contributed by atoms with E-state index in [1.165, 1.54) is 31.6 Å². The second kappa shape index (κ2) is 5.97. The minimum Gasteiger partial charge on any atom is -0.317 e. The minimum atomic E-state index is 0.556. The minimum absolute atomic E-state index is 0.556. The molecule has 4 rings (SSSR count). The van der Waals surface area contributed by atoms with Gasteiger partial charge in [-0.2, -0.15) is 0 Å². The molecule has 118 valence electrons. The molecule has 0 aromatic carbocycles.